The van der Waals surface area contributed by atoms with Gasteiger partial charge in [-0.25, -0.2) is 0 Å². The van der Waals surface area contributed by atoms with Crippen molar-refractivity contribution in [3.05, 3.63) is 35.9 Å². The highest BCUT2D eigenvalue weighted by Crippen LogP contribution is 2.14. The molecule has 0 aromatic heterocycles. The SMILES string of the molecule is CCCOc1cccc(C=CCNCC(C)C)c1. The van der Waals surface area contributed by atoms with Crippen molar-refractivity contribution in [2.45, 2.75) is 27.2 Å². The molecule has 0 heterocycles. The Morgan fingerprint density at radius 2 is 2.17 bits per heavy atom. The maximum absolute atomic E-state index is 5.61. The summed E-state index contributed by atoms with van der Waals surface area (Å²) in [6.45, 7) is 9.30. The molecule has 0 unspecified atom stereocenters. The zero-order valence-electron chi connectivity index (χ0n) is 11.8. The van der Waals surface area contributed by atoms with Crippen molar-refractivity contribution in [1.82, 2.24) is 5.32 Å². The smallest absolute Gasteiger partial charge is 0.119 e. The van der Waals surface area contributed by atoms with E-state index in [1.54, 1.807) is 0 Å². The van der Waals surface area contributed by atoms with Crippen molar-refractivity contribution in [1.29, 1.82) is 0 Å². The van der Waals surface area contributed by atoms with E-state index in [9.17, 15) is 0 Å². The van der Waals surface area contributed by atoms with Crippen LogP contribution < -0.4 is 10.1 Å². The Balaban J connectivity index is 2.38. The molecular formula is C16H25NO. The van der Waals surface area contributed by atoms with Gasteiger partial charge >= 0.3 is 0 Å². The quantitative estimate of drug-likeness (QED) is 0.707. The third-order valence-electron chi connectivity index (χ3n) is 2.46. The fraction of sp³-hybridized carbons (Fsp3) is 0.500. The average Bonchev–Trinajstić information content (AvgIpc) is 2.36. The summed E-state index contributed by atoms with van der Waals surface area (Å²) in [7, 11) is 0. The predicted molar refractivity (Wildman–Crippen MR) is 79.0 cm³/mol. The van der Waals surface area contributed by atoms with E-state index in [1.807, 2.05) is 12.1 Å². The summed E-state index contributed by atoms with van der Waals surface area (Å²) in [5.74, 6) is 1.65. The summed E-state index contributed by atoms with van der Waals surface area (Å²) in [4.78, 5) is 0. The van der Waals surface area contributed by atoms with Crippen molar-refractivity contribution in [3.8, 4) is 5.75 Å². The predicted octanol–water partition coefficient (Wildman–Crippen LogP) is 3.73. The molecule has 0 aliphatic heterocycles. The lowest BCUT2D eigenvalue weighted by Crippen LogP contribution is -2.19. The fourth-order valence-corrected chi connectivity index (χ4v) is 1.58. The number of hydrogen-bond donors (Lipinski definition) is 1. The number of benzene rings is 1. The normalized spacial score (nSPS) is 11.3. The number of hydrogen-bond acceptors (Lipinski definition) is 2. The molecule has 2 heteroatoms. The second-order valence-electron chi connectivity index (χ2n) is 4.88. The molecule has 1 N–H and O–H groups in total. The Morgan fingerprint density at radius 3 is 2.89 bits per heavy atom. The molecule has 0 bridgehead atoms. The number of ether oxygens (including phenoxy) is 1. The molecule has 0 spiro atoms. The molecule has 1 aromatic carbocycles. The van der Waals surface area contributed by atoms with Gasteiger partial charge in [0.15, 0.2) is 0 Å². The van der Waals surface area contributed by atoms with E-state index >= 15 is 0 Å². The van der Waals surface area contributed by atoms with Gasteiger partial charge in [-0.1, -0.05) is 45.1 Å². The minimum atomic E-state index is 0.698. The minimum absolute atomic E-state index is 0.698. The zero-order valence-corrected chi connectivity index (χ0v) is 11.8. The van der Waals surface area contributed by atoms with Gasteiger partial charge in [0, 0.05) is 6.54 Å². The maximum Gasteiger partial charge on any atom is 0.119 e. The van der Waals surface area contributed by atoms with Gasteiger partial charge in [-0.3, -0.25) is 0 Å². The molecule has 0 saturated heterocycles. The van der Waals surface area contributed by atoms with Crippen LogP contribution in [0.2, 0.25) is 0 Å². The molecule has 0 amide bonds. The molecule has 0 fully saturated rings. The third-order valence-corrected chi connectivity index (χ3v) is 2.46. The maximum atomic E-state index is 5.61. The van der Waals surface area contributed by atoms with Crippen LogP contribution in [0.3, 0.4) is 0 Å². The van der Waals surface area contributed by atoms with Crippen LogP contribution >= 0.6 is 0 Å². The second-order valence-corrected chi connectivity index (χ2v) is 4.88. The summed E-state index contributed by atoms with van der Waals surface area (Å²) >= 11 is 0. The van der Waals surface area contributed by atoms with Crippen molar-refractivity contribution in [2.24, 2.45) is 5.92 Å². The monoisotopic (exact) mass is 247 g/mol. The summed E-state index contributed by atoms with van der Waals surface area (Å²) in [5.41, 5.74) is 1.19. The first-order valence-electron chi connectivity index (χ1n) is 6.82. The minimum Gasteiger partial charge on any atom is -0.494 e. The lowest BCUT2D eigenvalue weighted by Gasteiger charge is -2.05. The van der Waals surface area contributed by atoms with Gasteiger partial charge in [-0.15, -0.1) is 0 Å². The van der Waals surface area contributed by atoms with Gasteiger partial charge in [-0.2, -0.15) is 0 Å². The van der Waals surface area contributed by atoms with Crippen molar-refractivity contribution in [3.63, 3.8) is 0 Å². The van der Waals surface area contributed by atoms with Gasteiger partial charge in [0.25, 0.3) is 0 Å². The van der Waals surface area contributed by atoms with E-state index in [1.165, 1.54) is 5.56 Å². The van der Waals surface area contributed by atoms with Crippen LogP contribution in [0, 0.1) is 5.92 Å². The van der Waals surface area contributed by atoms with Crippen LogP contribution in [0.1, 0.15) is 32.8 Å². The zero-order chi connectivity index (χ0) is 13.2. The molecule has 18 heavy (non-hydrogen) atoms. The van der Waals surface area contributed by atoms with Crippen LogP contribution in [-0.4, -0.2) is 19.7 Å². The molecular weight excluding hydrogens is 222 g/mol. The topological polar surface area (TPSA) is 21.3 Å². The van der Waals surface area contributed by atoms with Gasteiger partial charge in [0.1, 0.15) is 5.75 Å². The van der Waals surface area contributed by atoms with E-state index in [2.05, 4.69) is 50.4 Å². The Morgan fingerprint density at radius 1 is 1.33 bits per heavy atom. The molecule has 0 aliphatic rings. The second kappa shape index (κ2) is 8.76. The largest absolute Gasteiger partial charge is 0.494 e. The van der Waals surface area contributed by atoms with E-state index in [0.29, 0.717) is 5.92 Å². The number of rotatable bonds is 8. The van der Waals surface area contributed by atoms with Crippen LogP contribution in [0.15, 0.2) is 30.3 Å². The molecule has 1 rings (SSSR count). The molecule has 1 aromatic rings. The van der Waals surface area contributed by atoms with Crippen molar-refractivity contribution < 1.29 is 4.74 Å². The van der Waals surface area contributed by atoms with Crippen LogP contribution in [-0.2, 0) is 0 Å². The third kappa shape index (κ3) is 6.45. The molecule has 100 valence electrons. The van der Waals surface area contributed by atoms with Gasteiger partial charge in [-0.05, 0) is 36.6 Å². The molecule has 0 aliphatic carbocycles. The first-order valence-corrected chi connectivity index (χ1v) is 6.82. The molecule has 0 radical (unpaired) electrons. The molecule has 2 nitrogen and oxygen atoms in total. The Kier molecular flexibility index (Phi) is 7.19. The van der Waals surface area contributed by atoms with E-state index in [0.717, 1.165) is 31.9 Å². The van der Waals surface area contributed by atoms with Gasteiger partial charge in [0.2, 0.25) is 0 Å². The van der Waals surface area contributed by atoms with Crippen LogP contribution in [0.4, 0.5) is 0 Å². The Bertz CT molecular complexity index is 358. The standard InChI is InChI=1S/C16H25NO/c1-4-11-18-16-9-5-7-15(12-16)8-6-10-17-13-14(2)3/h5-9,12,14,17H,4,10-11,13H2,1-3H3. The number of nitrogens with one attached hydrogen (secondary N) is 1. The first-order chi connectivity index (χ1) is 8.72. The van der Waals surface area contributed by atoms with Crippen LogP contribution in [0.25, 0.3) is 6.08 Å². The highest BCUT2D eigenvalue weighted by atomic mass is 16.5. The lowest BCUT2D eigenvalue weighted by molar-refractivity contribution is 0.317. The van der Waals surface area contributed by atoms with Gasteiger partial charge < -0.3 is 10.1 Å². The van der Waals surface area contributed by atoms with Crippen molar-refractivity contribution >= 4 is 6.08 Å². The summed E-state index contributed by atoms with van der Waals surface area (Å²) in [6, 6.07) is 8.21. The van der Waals surface area contributed by atoms with E-state index < -0.39 is 0 Å². The summed E-state index contributed by atoms with van der Waals surface area (Å²) < 4.78 is 5.61. The Labute approximate surface area is 111 Å². The average molecular weight is 247 g/mol. The summed E-state index contributed by atoms with van der Waals surface area (Å²) in [6.07, 6.45) is 5.33. The molecule has 0 atom stereocenters. The first kappa shape index (κ1) is 14.8. The van der Waals surface area contributed by atoms with E-state index in [-0.39, 0.29) is 0 Å². The van der Waals surface area contributed by atoms with E-state index in [4.69, 9.17) is 4.74 Å². The van der Waals surface area contributed by atoms with Gasteiger partial charge in [0.05, 0.1) is 6.61 Å². The Hall–Kier alpha value is -1.28. The highest BCUT2D eigenvalue weighted by Gasteiger charge is 1.94. The lowest BCUT2D eigenvalue weighted by atomic mass is 10.2. The highest BCUT2D eigenvalue weighted by molar-refractivity contribution is 5.51. The van der Waals surface area contributed by atoms with Crippen LogP contribution in [0.5, 0.6) is 5.75 Å². The van der Waals surface area contributed by atoms with Crippen molar-refractivity contribution in [2.75, 3.05) is 19.7 Å². The fourth-order valence-electron chi connectivity index (χ4n) is 1.58. The summed E-state index contributed by atoms with van der Waals surface area (Å²) in [5, 5.41) is 3.39. The molecule has 0 saturated carbocycles.